The third-order valence-corrected chi connectivity index (χ3v) is 5.73. The molecule has 0 aromatic heterocycles. The van der Waals surface area contributed by atoms with Crippen LogP contribution < -0.4 is 5.32 Å². The molecule has 2 atom stereocenters. The molecule has 5 heteroatoms. The van der Waals surface area contributed by atoms with Crippen LogP contribution in [0.1, 0.15) is 24.0 Å². The van der Waals surface area contributed by atoms with Gasteiger partial charge in [0.25, 0.3) is 0 Å². The molecule has 3 aliphatic rings. The summed E-state index contributed by atoms with van der Waals surface area (Å²) in [6.45, 7) is 3.73. The Kier molecular flexibility index (Phi) is 5.39. The number of fused-ring (bicyclic) bond motifs is 4. The Labute approximate surface area is 160 Å². The molecule has 3 heterocycles. The summed E-state index contributed by atoms with van der Waals surface area (Å²) in [4.78, 5) is 17.1. The summed E-state index contributed by atoms with van der Waals surface area (Å²) in [5, 5.41) is 2.90. The lowest BCUT2D eigenvalue weighted by Crippen LogP contribution is -2.45. The molecule has 2 amide bonds. The third kappa shape index (κ3) is 4.30. The lowest BCUT2D eigenvalue weighted by Gasteiger charge is -2.36. The highest BCUT2D eigenvalue weighted by molar-refractivity contribution is 5.74. The van der Waals surface area contributed by atoms with Crippen molar-refractivity contribution in [1.82, 2.24) is 15.1 Å². The Hall–Kier alpha value is -2.40. The van der Waals surface area contributed by atoms with E-state index in [2.05, 4.69) is 34.5 Å². The van der Waals surface area contributed by atoms with Gasteiger partial charge in [0.15, 0.2) is 0 Å². The van der Waals surface area contributed by atoms with E-state index in [1.54, 1.807) is 18.2 Å². The molecule has 0 spiro atoms. The van der Waals surface area contributed by atoms with Crippen LogP contribution in [0.15, 0.2) is 54.6 Å². The minimum Gasteiger partial charge on any atom is -0.334 e. The van der Waals surface area contributed by atoms with E-state index in [0.717, 1.165) is 32.6 Å². The van der Waals surface area contributed by atoms with Crippen LogP contribution in [0, 0.1) is 11.7 Å². The highest BCUT2D eigenvalue weighted by Gasteiger charge is 2.36. The molecule has 0 saturated carbocycles. The Balaban J connectivity index is 1.38. The number of amides is 2. The zero-order valence-corrected chi connectivity index (χ0v) is 15.5. The zero-order chi connectivity index (χ0) is 18.6. The summed E-state index contributed by atoms with van der Waals surface area (Å²) < 4.78 is 13.8. The number of carbonyl (C=O) groups is 1. The molecular formula is C22H26FN3O. The summed E-state index contributed by atoms with van der Waals surface area (Å²) in [5.41, 5.74) is 1.84. The maximum absolute atomic E-state index is 13.8. The van der Waals surface area contributed by atoms with Crippen molar-refractivity contribution in [2.45, 2.75) is 32.0 Å². The number of hydrogen-bond donors (Lipinski definition) is 1. The van der Waals surface area contributed by atoms with E-state index in [9.17, 15) is 9.18 Å². The second-order valence-electron chi connectivity index (χ2n) is 7.67. The van der Waals surface area contributed by atoms with Crippen molar-refractivity contribution >= 4 is 6.03 Å². The molecular weight excluding hydrogens is 341 g/mol. The van der Waals surface area contributed by atoms with Crippen LogP contribution in [0.2, 0.25) is 0 Å². The van der Waals surface area contributed by atoms with Gasteiger partial charge in [0.1, 0.15) is 5.82 Å². The van der Waals surface area contributed by atoms with Crippen LogP contribution in [0.4, 0.5) is 9.18 Å². The SMILES string of the molecule is O=C(NCc1ccccc1F)N1C[C@@H]2CC[C@H](C1)N(Cc1ccccc1)C2. The number of hydrogen-bond acceptors (Lipinski definition) is 2. The molecule has 4 nitrogen and oxygen atoms in total. The van der Waals surface area contributed by atoms with Gasteiger partial charge in [0.2, 0.25) is 0 Å². The molecule has 2 aromatic carbocycles. The molecule has 3 saturated heterocycles. The second-order valence-corrected chi connectivity index (χ2v) is 7.67. The fraction of sp³-hybridized carbons (Fsp3) is 0.409. The summed E-state index contributed by atoms with van der Waals surface area (Å²) >= 11 is 0. The van der Waals surface area contributed by atoms with E-state index in [-0.39, 0.29) is 18.4 Å². The van der Waals surface area contributed by atoms with E-state index in [1.165, 1.54) is 18.1 Å². The molecule has 3 fully saturated rings. The number of rotatable bonds is 4. The fourth-order valence-electron chi connectivity index (χ4n) is 4.28. The van der Waals surface area contributed by atoms with Gasteiger partial charge in [-0.3, -0.25) is 4.90 Å². The van der Waals surface area contributed by atoms with Crippen molar-refractivity contribution < 1.29 is 9.18 Å². The Morgan fingerprint density at radius 2 is 1.78 bits per heavy atom. The molecule has 27 heavy (non-hydrogen) atoms. The van der Waals surface area contributed by atoms with Crippen LogP contribution >= 0.6 is 0 Å². The first-order valence-electron chi connectivity index (χ1n) is 9.73. The number of urea groups is 1. The normalized spacial score (nSPS) is 22.5. The maximum Gasteiger partial charge on any atom is 0.317 e. The van der Waals surface area contributed by atoms with Gasteiger partial charge in [-0.15, -0.1) is 0 Å². The Morgan fingerprint density at radius 3 is 2.59 bits per heavy atom. The van der Waals surface area contributed by atoms with Crippen LogP contribution in [-0.4, -0.2) is 41.5 Å². The predicted molar refractivity (Wildman–Crippen MR) is 104 cm³/mol. The van der Waals surface area contributed by atoms with Gasteiger partial charge in [-0.1, -0.05) is 48.5 Å². The van der Waals surface area contributed by atoms with Gasteiger partial charge < -0.3 is 10.2 Å². The number of piperidine rings is 1. The van der Waals surface area contributed by atoms with E-state index in [1.807, 2.05) is 11.0 Å². The standard InChI is InChI=1S/C22H26FN3O/c23-21-9-5-4-8-19(21)12-24-22(27)26-15-18-10-11-20(16-26)25(14-18)13-17-6-2-1-3-7-17/h1-9,18,20H,10-16H2,(H,24,27)/t18-,20-/m1/s1. The third-order valence-electron chi connectivity index (χ3n) is 5.73. The molecule has 5 rings (SSSR count). The van der Waals surface area contributed by atoms with Crippen LogP contribution in [0.5, 0.6) is 0 Å². The first-order valence-corrected chi connectivity index (χ1v) is 9.73. The molecule has 3 aliphatic heterocycles. The maximum atomic E-state index is 13.8. The van der Waals surface area contributed by atoms with Crippen LogP contribution in [0.25, 0.3) is 0 Å². The van der Waals surface area contributed by atoms with Crippen LogP contribution in [-0.2, 0) is 13.1 Å². The molecule has 2 bridgehead atoms. The smallest absolute Gasteiger partial charge is 0.317 e. The minimum absolute atomic E-state index is 0.0864. The summed E-state index contributed by atoms with van der Waals surface area (Å²) in [6, 6.07) is 17.4. The van der Waals surface area contributed by atoms with Crippen LogP contribution in [0.3, 0.4) is 0 Å². The summed E-state index contributed by atoms with van der Waals surface area (Å²) in [5.74, 6) is 0.231. The van der Waals surface area contributed by atoms with Gasteiger partial charge in [0, 0.05) is 44.3 Å². The van der Waals surface area contributed by atoms with Crippen molar-refractivity contribution in [2.24, 2.45) is 5.92 Å². The number of nitrogens with zero attached hydrogens (tertiary/aromatic N) is 2. The second kappa shape index (κ2) is 8.09. The Bertz CT molecular complexity index is 782. The average molecular weight is 367 g/mol. The van der Waals surface area contributed by atoms with E-state index in [4.69, 9.17) is 0 Å². The highest BCUT2D eigenvalue weighted by atomic mass is 19.1. The molecule has 0 radical (unpaired) electrons. The monoisotopic (exact) mass is 367 g/mol. The topological polar surface area (TPSA) is 35.6 Å². The van der Waals surface area contributed by atoms with Crippen molar-refractivity contribution in [2.75, 3.05) is 19.6 Å². The average Bonchev–Trinajstić information content (AvgIpc) is 3.00. The number of benzene rings is 2. The molecule has 0 unspecified atom stereocenters. The zero-order valence-electron chi connectivity index (χ0n) is 15.5. The number of halogens is 1. The first-order chi connectivity index (χ1) is 13.2. The van der Waals surface area contributed by atoms with E-state index < -0.39 is 0 Å². The fourth-order valence-corrected chi connectivity index (χ4v) is 4.28. The number of carbonyl (C=O) groups excluding carboxylic acids is 1. The quantitative estimate of drug-likeness (QED) is 0.896. The van der Waals surface area contributed by atoms with Gasteiger partial charge in [-0.25, -0.2) is 9.18 Å². The molecule has 0 aliphatic carbocycles. The lowest BCUT2D eigenvalue weighted by atomic mass is 9.94. The van der Waals surface area contributed by atoms with Crippen molar-refractivity contribution in [3.05, 3.63) is 71.5 Å². The van der Waals surface area contributed by atoms with Crippen molar-refractivity contribution in [3.8, 4) is 0 Å². The van der Waals surface area contributed by atoms with E-state index in [0.29, 0.717) is 17.5 Å². The molecule has 2 aromatic rings. The molecule has 142 valence electrons. The molecule has 1 N–H and O–H groups in total. The summed E-state index contributed by atoms with van der Waals surface area (Å²) in [6.07, 6.45) is 2.31. The summed E-state index contributed by atoms with van der Waals surface area (Å²) in [7, 11) is 0. The minimum atomic E-state index is -0.275. The Morgan fingerprint density at radius 1 is 1.00 bits per heavy atom. The predicted octanol–water partition coefficient (Wildman–Crippen LogP) is 3.63. The lowest BCUT2D eigenvalue weighted by molar-refractivity contribution is 0.124. The highest BCUT2D eigenvalue weighted by Crippen LogP contribution is 2.29. The van der Waals surface area contributed by atoms with Crippen molar-refractivity contribution in [1.29, 1.82) is 0 Å². The largest absolute Gasteiger partial charge is 0.334 e. The van der Waals surface area contributed by atoms with Gasteiger partial charge in [0.05, 0.1) is 0 Å². The van der Waals surface area contributed by atoms with Gasteiger partial charge >= 0.3 is 6.03 Å². The van der Waals surface area contributed by atoms with Gasteiger partial charge in [-0.2, -0.15) is 0 Å². The van der Waals surface area contributed by atoms with Gasteiger partial charge in [-0.05, 0) is 30.4 Å². The van der Waals surface area contributed by atoms with Crippen molar-refractivity contribution in [3.63, 3.8) is 0 Å². The first kappa shape index (κ1) is 18.0. The number of nitrogens with one attached hydrogen (secondary N) is 1. The van der Waals surface area contributed by atoms with E-state index >= 15 is 0 Å².